The first-order chi connectivity index (χ1) is 9.17. The number of methoxy groups -OCH3 is 2. The minimum atomic E-state index is -0.977. The van der Waals surface area contributed by atoms with E-state index in [1.165, 1.54) is 7.11 Å². The Bertz CT molecular complexity index is 467. The molecule has 0 spiro atoms. The van der Waals surface area contributed by atoms with Gasteiger partial charge in [-0.05, 0) is 43.5 Å². The van der Waals surface area contributed by atoms with Crippen LogP contribution in [0.3, 0.4) is 0 Å². The van der Waals surface area contributed by atoms with Crippen LogP contribution < -0.4 is 14.8 Å². The molecule has 1 aromatic carbocycles. The van der Waals surface area contributed by atoms with E-state index in [0.717, 1.165) is 31.5 Å². The van der Waals surface area contributed by atoms with E-state index in [4.69, 9.17) is 9.47 Å². The Morgan fingerprint density at radius 2 is 1.84 bits per heavy atom. The molecule has 104 valence electrons. The minimum absolute atomic E-state index is 0.192. The van der Waals surface area contributed by atoms with Gasteiger partial charge in [-0.1, -0.05) is 0 Å². The first-order valence-electron chi connectivity index (χ1n) is 6.37. The van der Waals surface area contributed by atoms with E-state index in [2.05, 4.69) is 5.32 Å². The van der Waals surface area contributed by atoms with E-state index in [1.807, 2.05) is 0 Å². The van der Waals surface area contributed by atoms with Gasteiger partial charge in [0.15, 0.2) is 0 Å². The van der Waals surface area contributed by atoms with Crippen molar-refractivity contribution < 1.29 is 19.4 Å². The number of carboxylic acid groups (broad SMARTS) is 1. The number of hydrogen-bond donors (Lipinski definition) is 2. The number of benzene rings is 1. The molecule has 1 aromatic rings. The zero-order chi connectivity index (χ0) is 13.8. The van der Waals surface area contributed by atoms with Gasteiger partial charge in [0.1, 0.15) is 17.1 Å². The Morgan fingerprint density at radius 1 is 1.21 bits per heavy atom. The molecule has 1 saturated heterocycles. The van der Waals surface area contributed by atoms with Crippen molar-refractivity contribution in [2.75, 3.05) is 27.3 Å². The summed E-state index contributed by atoms with van der Waals surface area (Å²) in [5.74, 6) is 0.394. The zero-order valence-electron chi connectivity index (χ0n) is 11.2. The van der Waals surface area contributed by atoms with Crippen molar-refractivity contribution in [1.29, 1.82) is 0 Å². The van der Waals surface area contributed by atoms with Crippen LogP contribution in [0.5, 0.6) is 11.5 Å². The van der Waals surface area contributed by atoms with Gasteiger partial charge in [-0.25, -0.2) is 4.79 Å². The van der Waals surface area contributed by atoms with Crippen LogP contribution in [0, 0.1) is 0 Å². The van der Waals surface area contributed by atoms with Gasteiger partial charge < -0.3 is 19.9 Å². The van der Waals surface area contributed by atoms with E-state index in [-0.39, 0.29) is 5.56 Å². The lowest BCUT2D eigenvalue weighted by Gasteiger charge is -2.25. The summed E-state index contributed by atoms with van der Waals surface area (Å²) in [6.45, 7) is 1.89. The van der Waals surface area contributed by atoms with E-state index in [1.54, 1.807) is 19.2 Å². The summed E-state index contributed by atoms with van der Waals surface area (Å²) in [5, 5.41) is 12.6. The molecule has 0 aliphatic carbocycles. The van der Waals surface area contributed by atoms with Crippen LogP contribution in [-0.4, -0.2) is 38.4 Å². The van der Waals surface area contributed by atoms with Crippen molar-refractivity contribution >= 4 is 5.97 Å². The van der Waals surface area contributed by atoms with Gasteiger partial charge in [-0.3, -0.25) is 0 Å². The SMILES string of the molecule is COc1cc(OC)c(C2CCNCC2)cc1C(=O)O. The topological polar surface area (TPSA) is 67.8 Å². The maximum absolute atomic E-state index is 11.3. The van der Waals surface area contributed by atoms with Gasteiger partial charge in [0, 0.05) is 6.07 Å². The summed E-state index contributed by atoms with van der Waals surface area (Å²) < 4.78 is 10.5. The largest absolute Gasteiger partial charge is 0.496 e. The summed E-state index contributed by atoms with van der Waals surface area (Å²) in [6.07, 6.45) is 1.98. The van der Waals surface area contributed by atoms with E-state index in [9.17, 15) is 9.90 Å². The molecule has 1 heterocycles. The summed E-state index contributed by atoms with van der Waals surface area (Å²) in [4.78, 5) is 11.3. The predicted octanol–water partition coefficient (Wildman–Crippen LogP) is 1.87. The Labute approximate surface area is 112 Å². The fraction of sp³-hybridized carbons (Fsp3) is 0.500. The lowest BCUT2D eigenvalue weighted by molar-refractivity contribution is 0.0693. The maximum atomic E-state index is 11.3. The molecule has 1 aliphatic heterocycles. The molecule has 19 heavy (non-hydrogen) atoms. The van der Waals surface area contributed by atoms with Crippen molar-refractivity contribution in [2.24, 2.45) is 0 Å². The molecule has 5 nitrogen and oxygen atoms in total. The fourth-order valence-corrected chi connectivity index (χ4v) is 2.54. The molecule has 0 atom stereocenters. The van der Waals surface area contributed by atoms with Crippen LogP contribution in [-0.2, 0) is 0 Å². The average molecular weight is 265 g/mol. The third-order valence-corrected chi connectivity index (χ3v) is 3.56. The van der Waals surface area contributed by atoms with Gasteiger partial charge in [0.25, 0.3) is 0 Å². The van der Waals surface area contributed by atoms with Crippen molar-refractivity contribution in [3.8, 4) is 11.5 Å². The third-order valence-electron chi connectivity index (χ3n) is 3.56. The highest BCUT2D eigenvalue weighted by Gasteiger charge is 2.23. The molecule has 1 aliphatic rings. The van der Waals surface area contributed by atoms with Gasteiger partial charge in [-0.15, -0.1) is 0 Å². The van der Waals surface area contributed by atoms with E-state index in [0.29, 0.717) is 17.4 Å². The van der Waals surface area contributed by atoms with Gasteiger partial charge >= 0.3 is 5.97 Å². The summed E-state index contributed by atoms with van der Waals surface area (Å²) >= 11 is 0. The molecule has 0 bridgehead atoms. The Kier molecular flexibility index (Phi) is 4.27. The third kappa shape index (κ3) is 2.81. The number of ether oxygens (including phenoxy) is 2. The number of nitrogens with one attached hydrogen (secondary N) is 1. The normalized spacial score (nSPS) is 16.1. The predicted molar refractivity (Wildman–Crippen MR) is 71.4 cm³/mol. The maximum Gasteiger partial charge on any atom is 0.339 e. The average Bonchev–Trinajstić information content (AvgIpc) is 2.46. The number of carboxylic acids is 1. The second-order valence-electron chi connectivity index (χ2n) is 4.62. The van der Waals surface area contributed by atoms with Crippen LogP contribution in [0.1, 0.15) is 34.7 Å². The first-order valence-corrected chi connectivity index (χ1v) is 6.37. The van der Waals surface area contributed by atoms with Crippen LogP contribution in [0.2, 0.25) is 0 Å². The fourth-order valence-electron chi connectivity index (χ4n) is 2.54. The van der Waals surface area contributed by atoms with Crippen molar-refractivity contribution in [3.05, 3.63) is 23.3 Å². The summed E-state index contributed by atoms with van der Waals surface area (Å²) in [7, 11) is 3.06. The lowest BCUT2D eigenvalue weighted by atomic mass is 9.88. The standard InChI is InChI=1S/C14H19NO4/c1-18-12-8-13(19-2)11(14(16)17)7-10(12)9-3-5-15-6-4-9/h7-9,15H,3-6H2,1-2H3,(H,16,17). The highest BCUT2D eigenvalue weighted by atomic mass is 16.5. The summed E-state index contributed by atoms with van der Waals surface area (Å²) in [5.41, 5.74) is 1.15. The molecule has 0 aromatic heterocycles. The number of carbonyl (C=O) groups is 1. The number of aromatic carboxylic acids is 1. The highest BCUT2D eigenvalue weighted by Crippen LogP contribution is 2.37. The molecule has 0 radical (unpaired) electrons. The Balaban J connectivity index is 2.45. The number of piperidine rings is 1. The van der Waals surface area contributed by atoms with Crippen molar-refractivity contribution in [3.63, 3.8) is 0 Å². The molecule has 0 unspecified atom stereocenters. The smallest absolute Gasteiger partial charge is 0.339 e. The molecule has 5 heteroatoms. The van der Waals surface area contributed by atoms with E-state index < -0.39 is 5.97 Å². The second-order valence-corrected chi connectivity index (χ2v) is 4.62. The first kappa shape index (κ1) is 13.7. The highest BCUT2D eigenvalue weighted by molar-refractivity contribution is 5.91. The molecule has 0 saturated carbocycles. The zero-order valence-corrected chi connectivity index (χ0v) is 11.2. The molecule has 1 fully saturated rings. The monoisotopic (exact) mass is 265 g/mol. The van der Waals surface area contributed by atoms with Crippen molar-refractivity contribution in [2.45, 2.75) is 18.8 Å². The molecule has 0 amide bonds. The quantitative estimate of drug-likeness (QED) is 0.870. The number of rotatable bonds is 4. The summed E-state index contributed by atoms with van der Waals surface area (Å²) in [6, 6.07) is 3.36. The van der Waals surface area contributed by atoms with Crippen LogP contribution in [0.25, 0.3) is 0 Å². The minimum Gasteiger partial charge on any atom is -0.496 e. The van der Waals surface area contributed by atoms with Crippen LogP contribution in [0.4, 0.5) is 0 Å². The molecule has 2 rings (SSSR count). The van der Waals surface area contributed by atoms with Crippen LogP contribution in [0.15, 0.2) is 12.1 Å². The van der Waals surface area contributed by atoms with Gasteiger partial charge in [0.2, 0.25) is 0 Å². The van der Waals surface area contributed by atoms with E-state index >= 15 is 0 Å². The van der Waals surface area contributed by atoms with Crippen molar-refractivity contribution in [1.82, 2.24) is 5.32 Å². The molecular formula is C14H19NO4. The lowest BCUT2D eigenvalue weighted by Crippen LogP contribution is -2.27. The second kappa shape index (κ2) is 5.93. The Morgan fingerprint density at radius 3 is 2.37 bits per heavy atom. The number of hydrogen-bond acceptors (Lipinski definition) is 4. The Hall–Kier alpha value is -1.75. The van der Waals surface area contributed by atoms with Gasteiger partial charge in [-0.2, -0.15) is 0 Å². The molecule has 2 N–H and O–H groups in total. The van der Waals surface area contributed by atoms with Crippen LogP contribution >= 0.6 is 0 Å². The van der Waals surface area contributed by atoms with Gasteiger partial charge in [0.05, 0.1) is 14.2 Å². The molecular weight excluding hydrogens is 246 g/mol.